The van der Waals surface area contributed by atoms with E-state index in [1.54, 1.807) is 36.4 Å². The Morgan fingerprint density at radius 1 is 1.00 bits per heavy atom. The van der Waals surface area contributed by atoms with Gasteiger partial charge in [-0.25, -0.2) is 4.90 Å². The van der Waals surface area contributed by atoms with E-state index in [1.807, 2.05) is 42.6 Å². The van der Waals surface area contributed by atoms with Gasteiger partial charge in [0, 0.05) is 32.2 Å². The molecule has 0 bridgehead atoms. The van der Waals surface area contributed by atoms with E-state index < -0.39 is 0 Å². The molecule has 0 spiro atoms. The summed E-state index contributed by atoms with van der Waals surface area (Å²) >= 11 is 16.6. The fraction of sp³-hybridized carbons (Fsp3) is 0.0769. The van der Waals surface area contributed by atoms with Gasteiger partial charge in [0.2, 0.25) is 0 Å². The van der Waals surface area contributed by atoms with Gasteiger partial charge in [0.05, 0.1) is 22.2 Å². The van der Waals surface area contributed by atoms with Gasteiger partial charge >= 0.3 is 0 Å². The number of rotatable bonds is 6. The summed E-state index contributed by atoms with van der Waals surface area (Å²) in [5.74, 6) is 0.268. The van der Waals surface area contributed by atoms with Crippen LogP contribution in [0.1, 0.15) is 5.56 Å². The number of aromatic nitrogens is 1. The van der Waals surface area contributed by atoms with E-state index in [0.29, 0.717) is 39.5 Å². The number of hydrogen-bond acceptors (Lipinski definition) is 4. The number of carbonyl (C=O) groups excluding carboxylic acids is 2. The molecule has 1 aliphatic heterocycles. The van der Waals surface area contributed by atoms with Crippen LogP contribution in [0.15, 0.2) is 82.3 Å². The van der Waals surface area contributed by atoms with Gasteiger partial charge in [-0.2, -0.15) is 0 Å². The first kappa shape index (κ1) is 24.0. The lowest BCUT2D eigenvalue weighted by Gasteiger charge is -2.12. The summed E-state index contributed by atoms with van der Waals surface area (Å²) in [6.07, 6.45) is 3.73. The molecule has 0 N–H and O–H groups in total. The Morgan fingerprint density at radius 2 is 1.77 bits per heavy atom. The number of halogens is 3. The van der Waals surface area contributed by atoms with Crippen molar-refractivity contribution in [3.8, 4) is 5.75 Å². The van der Waals surface area contributed by atoms with Crippen LogP contribution in [0.25, 0.3) is 17.0 Å². The zero-order chi connectivity index (χ0) is 24.5. The van der Waals surface area contributed by atoms with Gasteiger partial charge in [0.25, 0.3) is 11.1 Å². The van der Waals surface area contributed by atoms with Crippen molar-refractivity contribution in [2.45, 2.75) is 6.54 Å². The van der Waals surface area contributed by atoms with E-state index in [0.717, 1.165) is 32.7 Å². The number of carbonyl (C=O) groups is 2. The monoisotopic (exact) mass is 586 g/mol. The van der Waals surface area contributed by atoms with Crippen molar-refractivity contribution in [3.05, 3.63) is 97.9 Å². The highest BCUT2D eigenvalue weighted by Gasteiger charge is 2.36. The number of anilines is 1. The van der Waals surface area contributed by atoms with E-state index >= 15 is 0 Å². The van der Waals surface area contributed by atoms with Gasteiger partial charge in [0.15, 0.2) is 0 Å². The third-order valence-corrected chi connectivity index (χ3v) is 7.39. The molecular weight excluding hydrogens is 571 g/mol. The predicted octanol–water partition coefficient (Wildman–Crippen LogP) is 8.03. The largest absolute Gasteiger partial charge is 0.490 e. The average Bonchev–Trinajstić information content (AvgIpc) is 3.31. The predicted molar refractivity (Wildman–Crippen MR) is 146 cm³/mol. The first-order chi connectivity index (χ1) is 16.9. The first-order valence-corrected chi connectivity index (χ1v) is 13.0. The van der Waals surface area contributed by atoms with Crippen LogP contribution in [0.3, 0.4) is 0 Å². The van der Waals surface area contributed by atoms with Gasteiger partial charge in [0.1, 0.15) is 12.4 Å². The van der Waals surface area contributed by atoms with Crippen molar-refractivity contribution in [3.63, 3.8) is 0 Å². The Labute approximate surface area is 224 Å². The molecule has 1 aromatic heterocycles. The van der Waals surface area contributed by atoms with Gasteiger partial charge in [-0.15, -0.1) is 0 Å². The Hall–Kier alpha value is -2.71. The number of ether oxygens (including phenoxy) is 1. The molecule has 0 unspecified atom stereocenters. The molecule has 1 aliphatic rings. The van der Waals surface area contributed by atoms with Crippen LogP contribution in [-0.4, -0.2) is 22.3 Å². The van der Waals surface area contributed by atoms with Gasteiger partial charge in [-0.3, -0.25) is 9.59 Å². The molecule has 9 heteroatoms. The summed E-state index contributed by atoms with van der Waals surface area (Å²) in [6, 6.07) is 19.9. The topological polar surface area (TPSA) is 51.5 Å². The molecule has 0 radical (unpaired) electrons. The summed E-state index contributed by atoms with van der Waals surface area (Å²) in [6.45, 7) is 0.986. The fourth-order valence-electron chi connectivity index (χ4n) is 3.83. The van der Waals surface area contributed by atoms with Gasteiger partial charge in [-0.05, 0) is 72.4 Å². The van der Waals surface area contributed by atoms with E-state index in [1.165, 1.54) is 4.90 Å². The number of fused-ring (bicyclic) bond motifs is 1. The fourth-order valence-corrected chi connectivity index (χ4v) is 5.34. The molecule has 4 aromatic rings. The number of para-hydroxylation sites is 1. The maximum absolute atomic E-state index is 13.1. The summed E-state index contributed by atoms with van der Waals surface area (Å²) in [5, 5.41) is 1.70. The lowest BCUT2D eigenvalue weighted by atomic mass is 10.1. The maximum Gasteiger partial charge on any atom is 0.298 e. The second-order valence-electron chi connectivity index (χ2n) is 7.71. The minimum Gasteiger partial charge on any atom is -0.490 e. The van der Waals surface area contributed by atoms with Crippen LogP contribution >= 0.6 is 50.9 Å². The molecule has 1 fully saturated rings. The van der Waals surface area contributed by atoms with Crippen molar-refractivity contribution in [1.82, 2.24) is 4.57 Å². The Bertz CT molecular complexity index is 1480. The van der Waals surface area contributed by atoms with E-state index in [-0.39, 0.29) is 11.1 Å². The number of hydrogen-bond donors (Lipinski definition) is 0. The summed E-state index contributed by atoms with van der Waals surface area (Å²) in [7, 11) is 0. The molecule has 0 saturated carbocycles. The van der Waals surface area contributed by atoms with E-state index in [9.17, 15) is 9.59 Å². The average molecular weight is 588 g/mol. The first-order valence-electron chi connectivity index (χ1n) is 10.6. The van der Waals surface area contributed by atoms with Crippen LogP contribution in [0, 0.1) is 0 Å². The molecular formula is C26H17BrCl2N2O3S. The van der Waals surface area contributed by atoms with Crippen LogP contribution < -0.4 is 9.64 Å². The molecule has 0 aliphatic carbocycles. The molecule has 1 saturated heterocycles. The molecule has 5 rings (SSSR count). The molecule has 2 heterocycles. The van der Waals surface area contributed by atoms with Crippen LogP contribution in [0.4, 0.5) is 10.5 Å². The molecule has 2 amide bonds. The Balaban J connectivity index is 1.43. The molecule has 35 heavy (non-hydrogen) atoms. The zero-order valence-electron chi connectivity index (χ0n) is 18.1. The summed E-state index contributed by atoms with van der Waals surface area (Å²) in [5.41, 5.74) is 2.31. The maximum atomic E-state index is 13.1. The smallest absolute Gasteiger partial charge is 0.298 e. The third kappa shape index (κ3) is 5.00. The molecule has 0 atom stereocenters. The highest BCUT2D eigenvalue weighted by molar-refractivity contribution is 9.10. The molecule has 5 nitrogen and oxygen atoms in total. The number of nitrogens with zero attached hydrogens (tertiary/aromatic N) is 2. The second kappa shape index (κ2) is 10.1. The van der Waals surface area contributed by atoms with Crippen molar-refractivity contribution in [2.75, 3.05) is 11.5 Å². The van der Waals surface area contributed by atoms with E-state index in [4.69, 9.17) is 27.9 Å². The molecule has 176 valence electrons. The highest BCUT2D eigenvalue weighted by Crippen LogP contribution is 2.37. The lowest BCUT2D eigenvalue weighted by Crippen LogP contribution is -2.27. The van der Waals surface area contributed by atoms with E-state index in [2.05, 4.69) is 20.5 Å². The quantitative estimate of drug-likeness (QED) is 0.214. The Morgan fingerprint density at radius 3 is 2.54 bits per heavy atom. The van der Waals surface area contributed by atoms with Crippen molar-refractivity contribution < 1.29 is 14.3 Å². The van der Waals surface area contributed by atoms with Crippen molar-refractivity contribution >= 4 is 84.7 Å². The SMILES string of the molecule is O=C1S/C(=C\c2cn(CCOc3ccccc3Cl)c3ccc(Br)cc23)C(=O)N1c1ccc(Cl)cc1. The van der Waals surface area contributed by atoms with Crippen LogP contribution in [0.2, 0.25) is 10.0 Å². The minimum atomic E-state index is -0.361. The van der Waals surface area contributed by atoms with Gasteiger partial charge in [-0.1, -0.05) is 51.3 Å². The van der Waals surface area contributed by atoms with Crippen molar-refractivity contribution in [2.24, 2.45) is 0 Å². The van der Waals surface area contributed by atoms with Gasteiger partial charge < -0.3 is 9.30 Å². The normalized spacial score (nSPS) is 14.9. The second-order valence-corrected chi connectivity index (χ2v) is 10.5. The van der Waals surface area contributed by atoms with Crippen LogP contribution in [-0.2, 0) is 11.3 Å². The number of benzene rings is 3. The zero-order valence-corrected chi connectivity index (χ0v) is 22.0. The minimum absolute atomic E-state index is 0.346. The third-order valence-electron chi connectivity index (χ3n) is 5.47. The lowest BCUT2D eigenvalue weighted by molar-refractivity contribution is -0.113. The number of thioether (sulfide) groups is 1. The highest BCUT2D eigenvalue weighted by atomic mass is 79.9. The number of imide groups is 1. The Kier molecular flexibility index (Phi) is 6.93. The summed E-state index contributed by atoms with van der Waals surface area (Å²) < 4.78 is 8.84. The molecule has 3 aromatic carbocycles. The summed E-state index contributed by atoms with van der Waals surface area (Å²) in [4.78, 5) is 27.3. The number of amides is 2. The standard InChI is InChI=1S/C26H17BrCl2N2O3S/c27-17-5-10-22-20(14-17)16(15-30(22)11-12-34-23-4-2-1-3-21(23)29)13-24-25(32)31(26(33)35-24)19-8-6-18(28)7-9-19/h1-10,13-15H,11-12H2/b24-13-. The van der Waals surface area contributed by atoms with Crippen molar-refractivity contribution in [1.29, 1.82) is 0 Å². The van der Waals surface area contributed by atoms with Crippen LogP contribution in [0.5, 0.6) is 5.75 Å².